The molecule has 1 amide bonds. The molecule has 0 radical (unpaired) electrons. The molecule has 0 aliphatic carbocycles. The van der Waals surface area contributed by atoms with Gasteiger partial charge >= 0.3 is 0 Å². The molecular formula is C26H27F2N3O4S2. The zero-order valence-corrected chi connectivity index (χ0v) is 21.9. The number of halogens is 2. The van der Waals surface area contributed by atoms with Gasteiger partial charge in [-0.3, -0.25) is 19.3 Å². The van der Waals surface area contributed by atoms with Crippen LogP contribution < -0.4 is 15.2 Å². The highest BCUT2D eigenvalue weighted by Crippen LogP contribution is 2.39. The van der Waals surface area contributed by atoms with E-state index in [9.17, 15) is 19.1 Å². The molecular weight excluding hydrogens is 520 g/mol. The van der Waals surface area contributed by atoms with Crippen LogP contribution in [0.15, 0.2) is 71.7 Å². The lowest BCUT2D eigenvalue weighted by atomic mass is 9.96. The van der Waals surface area contributed by atoms with E-state index >= 15 is 4.39 Å². The summed E-state index contributed by atoms with van der Waals surface area (Å²) in [6.45, 7) is 1.91. The van der Waals surface area contributed by atoms with Crippen molar-refractivity contribution >= 4 is 32.9 Å². The number of ether oxygens (including phenoxy) is 1. The van der Waals surface area contributed by atoms with Gasteiger partial charge in [-0.15, -0.1) is 0 Å². The van der Waals surface area contributed by atoms with Crippen molar-refractivity contribution in [2.75, 3.05) is 18.3 Å². The maximum Gasteiger partial charge on any atom is 0.278 e. The van der Waals surface area contributed by atoms with Crippen LogP contribution in [0.3, 0.4) is 0 Å². The topological polar surface area (TPSA) is 75.0 Å². The van der Waals surface area contributed by atoms with Crippen LogP contribution in [0.5, 0.6) is 11.5 Å². The summed E-state index contributed by atoms with van der Waals surface area (Å²) in [5.41, 5.74) is 0.159. The minimum Gasteiger partial charge on any atom is -0.502 e. The monoisotopic (exact) mass is 547 g/mol. The molecule has 1 N–H and O–H groups in total. The Morgan fingerprint density at radius 3 is 2.49 bits per heavy atom. The van der Waals surface area contributed by atoms with E-state index < -0.39 is 40.8 Å². The molecule has 5 rings (SSSR count). The summed E-state index contributed by atoms with van der Waals surface area (Å²) in [5.74, 6) is -3.58. The van der Waals surface area contributed by atoms with Crippen LogP contribution in [0.2, 0.25) is 0 Å². The van der Waals surface area contributed by atoms with E-state index in [4.69, 9.17) is 4.74 Å². The number of fused-ring (bicyclic) bond motifs is 5. The molecule has 2 aliphatic rings. The van der Waals surface area contributed by atoms with Crippen molar-refractivity contribution in [3.8, 4) is 11.5 Å². The second-order valence-electron chi connectivity index (χ2n) is 8.39. The molecule has 2 bridgehead atoms. The smallest absolute Gasteiger partial charge is 0.278 e. The first-order valence-corrected chi connectivity index (χ1v) is 11.3. The van der Waals surface area contributed by atoms with Gasteiger partial charge in [-0.25, -0.2) is 4.39 Å². The van der Waals surface area contributed by atoms with Crippen LogP contribution in [0.25, 0.3) is 0 Å². The molecule has 2 aliphatic heterocycles. The van der Waals surface area contributed by atoms with Gasteiger partial charge in [0, 0.05) is 17.8 Å². The first-order chi connectivity index (χ1) is 16.9. The lowest BCUT2D eigenvalue weighted by molar-refractivity contribution is 0.0626. The highest BCUT2D eigenvalue weighted by Gasteiger charge is 2.40. The molecule has 0 spiro atoms. The average molecular weight is 548 g/mol. The Morgan fingerprint density at radius 2 is 1.78 bits per heavy atom. The Bertz CT molecular complexity index is 1380. The average Bonchev–Trinajstić information content (AvgIpc) is 2.89. The van der Waals surface area contributed by atoms with Crippen molar-refractivity contribution in [3.05, 3.63) is 106 Å². The summed E-state index contributed by atoms with van der Waals surface area (Å²) in [6, 6.07) is 11.6. The third kappa shape index (κ3) is 4.80. The number of carbonyl (C=O) groups is 1. The Labute approximate surface area is 226 Å². The minimum atomic E-state index is -1.11. The molecule has 3 aromatic rings. The summed E-state index contributed by atoms with van der Waals surface area (Å²) in [6.07, 6.45) is 5.35. The SMILES string of the molecule is CC[C@H]1/C=C/COc2c(ccc(F)c2F)[C@H](c2ccccc2)N2CN1C(=O)c1c(O)c(=O)ccn12.S.S. The van der Waals surface area contributed by atoms with Gasteiger partial charge in [0.25, 0.3) is 5.91 Å². The quantitative estimate of drug-likeness (QED) is 0.493. The zero-order chi connectivity index (χ0) is 24.7. The molecule has 3 heterocycles. The number of amides is 1. The molecule has 2 atom stereocenters. The van der Waals surface area contributed by atoms with E-state index in [1.54, 1.807) is 22.1 Å². The second-order valence-corrected chi connectivity index (χ2v) is 8.39. The molecule has 7 nitrogen and oxygen atoms in total. The summed E-state index contributed by atoms with van der Waals surface area (Å²) < 4.78 is 36.5. The van der Waals surface area contributed by atoms with E-state index in [0.29, 0.717) is 17.5 Å². The van der Waals surface area contributed by atoms with Crippen LogP contribution in [0.4, 0.5) is 8.78 Å². The Hall–Kier alpha value is -3.44. The van der Waals surface area contributed by atoms with Crippen LogP contribution in [-0.4, -0.2) is 39.9 Å². The van der Waals surface area contributed by atoms with Gasteiger partial charge in [0.2, 0.25) is 11.2 Å². The summed E-state index contributed by atoms with van der Waals surface area (Å²) in [4.78, 5) is 27.4. The van der Waals surface area contributed by atoms with Gasteiger partial charge in [-0.05, 0) is 30.2 Å². The molecule has 11 heteroatoms. The van der Waals surface area contributed by atoms with Crippen molar-refractivity contribution in [1.29, 1.82) is 0 Å². The number of aromatic nitrogens is 1. The van der Waals surface area contributed by atoms with Crippen molar-refractivity contribution in [1.82, 2.24) is 9.58 Å². The van der Waals surface area contributed by atoms with Gasteiger partial charge in [0.05, 0.1) is 6.04 Å². The molecule has 1 aromatic heterocycles. The van der Waals surface area contributed by atoms with E-state index in [0.717, 1.165) is 12.1 Å². The molecule has 196 valence electrons. The number of aromatic hydroxyl groups is 1. The fourth-order valence-corrected chi connectivity index (χ4v) is 4.68. The van der Waals surface area contributed by atoms with Gasteiger partial charge in [-0.1, -0.05) is 43.3 Å². The number of nitrogens with zero attached hydrogens (tertiary/aromatic N) is 3. The number of hydrogen-bond donors (Lipinski definition) is 1. The Balaban J connectivity index is 0.00000190. The number of rotatable bonds is 2. The molecule has 0 fully saturated rings. The maximum atomic E-state index is 15.1. The fourth-order valence-electron chi connectivity index (χ4n) is 4.68. The number of pyridine rings is 1. The highest BCUT2D eigenvalue weighted by molar-refractivity contribution is 7.59. The van der Waals surface area contributed by atoms with Crippen molar-refractivity contribution in [2.45, 2.75) is 25.4 Å². The van der Waals surface area contributed by atoms with Crippen LogP contribution in [-0.2, 0) is 0 Å². The van der Waals surface area contributed by atoms with Crippen molar-refractivity contribution in [3.63, 3.8) is 0 Å². The van der Waals surface area contributed by atoms with Crippen molar-refractivity contribution in [2.24, 2.45) is 0 Å². The van der Waals surface area contributed by atoms with E-state index in [2.05, 4.69) is 0 Å². The first-order valence-electron chi connectivity index (χ1n) is 11.3. The normalized spacial score (nSPS) is 19.3. The second kappa shape index (κ2) is 11.3. The standard InChI is InChI=1S/C26H23F2N3O4.2H2S/c1-2-17-9-6-14-35-25-18(10-11-19(27)21(25)28)22(16-7-4-3-5-8-16)31-15-29(17)26(34)23-24(33)20(32)12-13-30(23)31;;/h3-13,17,22,33H,2,14-15H2,1H3;2*1H2/b9-6+;;/t17-,22-;;/m0../s1. The maximum absolute atomic E-state index is 15.1. The first kappa shape index (κ1) is 28.1. The lowest BCUT2D eigenvalue weighted by Crippen LogP contribution is -2.57. The summed E-state index contributed by atoms with van der Waals surface area (Å²) >= 11 is 0. The minimum absolute atomic E-state index is 0. The highest BCUT2D eigenvalue weighted by atomic mass is 32.1. The lowest BCUT2D eigenvalue weighted by Gasteiger charge is -2.45. The van der Waals surface area contributed by atoms with Gasteiger partial charge in [0.15, 0.2) is 23.0 Å². The predicted molar refractivity (Wildman–Crippen MR) is 146 cm³/mol. The fraction of sp³-hybridized carbons (Fsp3) is 0.231. The largest absolute Gasteiger partial charge is 0.502 e. The summed E-state index contributed by atoms with van der Waals surface area (Å²) in [5, 5.41) is 12.4. The molecule has 0 unspecified atom stereocenters. The van der Waals surface area contributed by atoms with Crippen LogP contribution >= 0.6 is 27.0 Å². The Morgan fingerprint density at radius 1 is 1.05 bits per heavy atom. The van der Waals surface area contributed by atoms with Gasteiger partial charge in [-0.2, -0.15) is 31.4 Å². The van der Waals surface area contributed by atoms with E-state index in [1.165, 1.54) is 16.9 Å². The number of hydrogen-bond acceptors (Lipinski definition) is 5. The third-order valence-electron chi connectivity index (χ3n) is 6.38. The molecule has 2 aromatic carbocycles. The molecule has 37 heavy (non-hydrogen) atoms. The van der Waals surface area contributed by atoms with E-state index in [-0.39, 0.29) is 51.7 Å². The van der Waals surface area contributed by atoms with E-state index in [1.807, 2.05) is 37.3 Å². The predicted octanol–water partition coefficient (Wildman–Crippen LogP) is 3.93. The molecule has 0 saturated heterocycles. The number of benzene rings is 2. The Kier molecular flexibility index (Phi) is 8.60. The van der Waals surface area contributed by atoms with Gasteiger partial charge in [0.1, 0.15) is 19.3 Å². The molecule has 0 saturated carbocycles. The third-order valence-corrected chi connectivity index (χ3v) is 6.38. The summed E-state index contributed by atoms with van der Waals surface area (Å²) in [7, 11) is 0. The zero-order valence-electron chi connectivity index (χ0n) is 19.9. The van der Waals surface area contributed by atoms with Crippen LogP contribution in [0.1, 0.15) is 41.0 Å². The number of carbonyl (C=O) groups excluding carboxylic acids is 1. The van der Waals surface area contributed by atoms with Crippen LogP contribution in [0, 0.1) is 11.6 Å². The van der Waals surface area contributed by atoms with Gasteiger partial charge < -0.3 is 14.7 Å². The van der Waals surface area contributed by atoms with Crippen molar-refractivity contribution < 1.29 is 23.4 Å².